The molecule has 1 unspecified atom stereocenters. The van der Waals surface area contributed by atoms with Gasteiger partial charge in [-0.1, -0.05) is 36.7 Å². The standard InChI is InChI=1S/C19H27ClN2O/c1-15-5-4-10-22(13-15)19(23)16-8-11-21(12-9-16)14-17-6-2-3-7-18(17)20/h2-3,6-7,15-16H,4-5,8-14H2,1H3. The zero-order valence-corrected chi connectivity index (χ0v) is 14.8. The van der Waals surface area contributed by atoms with E-state index >= 15 is 0 Å². The average Bonchev–Trinajstić information content (AvgIpc) is 2.57. The highest BCUT2D eigenvalue weighted by Gasteiger charge is 2.30. The molecule has 0 bridgehead atoms. The number of carbonyl (C=O) groups is 1. The van der Waals surface area contributed by atoms with Gasteiger partial charge in [0.1, 0.15) is 0 Å². The summed E-state index contributed by atoms with van der Waals surface area (Å²) in [6, 6.07) is 8.05. The van der Waals surface area contributed by atoms with E-state index in [1.54, 1.807) is 0 Å². The Hall–Kier alpha value is -1.06. The summed E-state index contributed by atoms with van der Waals surface area (Å²) in [5, 5.41) is 0.841. The smallest absolute Gasteiger partial charge is 0.225 e. The third kappa shape index (κ3) is 4.27. The minimum Gasteiger partial charge on any atom is -0.342 e. The Kier molecular flexibility index (Phi) is 5.60. The number of piperidine rings is 2. The van der Waals surface area contributed by atoms with Crippen molar-refractivity contribution in [2.75, 3.05) is 26.2 Å². The molecule has 23 heavy (non-hydrogen) atoms. The summed E-state index contributed by atoms with van der Waals surface area (Å²) < 4.78 is 0. The summed E-state index contributed by atoms with van der Waals surface area (Å²) in [6.07, 6.45) is 4.39. The second kappa shape index (κ2) is 7.67. The van der Waals surface area contributed by atoms with E-state index in [4.69, 9.17) is 11.6 Å². The maximum atomic E-state index is 12.7. The van der Waals surface area contributed by atoms with Crippen LogP contribution in [0.4, 0.5) is 0 Å². The highest BCUT2D eigenvalue weighted by Crippen LogP contribution is 2.25. The third-order valence-electron chi connectivity index (χ3n) is 5.26. The Morgan fingerprint density at radius 2 is 1.91 bits per heavy atom. The van der Waals surface area contributed by atoms with Crippen molar-refractivity contribution in [1.29, 1.82) is 0 Å². The lowest BCUT2D eigenvalue weighted by Crippen LogP contribution is -2.45. The van der Waals surface area contributed by atoms with Crippen molar-refractivity contribution in [3.05, 3.63) is 34.9 Å². The molecule has 0 spiro atoms. The van der Waals surface area contributed by atoms with Gasteiger partial charge < -0.3 is 4.90 Å². The molecule has 0 aromatic heterocycles. The second-order valence-corrected chi connectivity index (χ2v) is 7.58. The SMILES string of the molecule is CC1CCCN(C(=O)C2CCN(Cc3ccccc3Cl)CC2)C1. The van der Waals surface area contributed by atoms with Gasteiger partial charge in [0.25, 0.3) is 0 Å². The first-order valence-corrected chi connectivity index (χ1v) is 9.26. The predicted octanol–water partition coefficient (Wildman–Crippen LogP) is 3.81. The summed E-state index contributed by atoms with van der Waals surface area (Å²) in [7, 11) is 0. The first-order valence-electron chi connectivity index (χ1n) is 8.88. The Morgan fingerprint density at radius 3 is 2.61 bits per heavy atom. The van der Waals surface area contributed by atoms with Crippen LogP contribution >= 0.6 is 11.6 Å². The number of amides is 1. The average molecular weight is 335 g/mol. The van der Waals surface area contributed by atoms with Crippen LogP contribution in [0.1, 0.15) is 38.2 Å². The number of halogens is 1. The Morgan fingerprint density at radius 1 is 1.17 bits per heavy atom. The van der Waals surface area contributed by atoms with Gasteiger partial charge in [-0.25, -0.2) is 0 Å². The summed E-state index contributed by atoms with van der Waals surface area (Å²) in [5.74, 6) is 1.28. The van der Waals surface area contributed by atoms with Gasteiger partial charge in [-0.2, -0.15) is 0 Å². The molecule has 2 aliphatic rings. The molecule has 2 saturated heterocycles. The molecule has 1 atom stereocenters. The fraction of sp³-hybridized carbons (Fsp3) is 0.632. The summed E-state index contributed by atoms with van der Waals surface area (Å²) in [4.78, 5) is 17.2. The van der Waals surface area contributed by atoms with E-state index in [0.717, 1.165) is 57.0 Å². The largest absolute Gasteiger partial charge is 0.342 e. The van der Waals surface area contributed by atoms with Crippen LogP contribution in [0.15, 0.2) is 24.3 Å². The van der Waals surface area contributed by atoms with Crippen molar-refractivity contribution in [2.24, 2.45) is 11.8 Å². The van der Waals surface area contributed by atoms with Crippen molar-refractivity contribution < 1.29 is 4.79 Å². The van der Waals surface area contributed by atoms with Crippen molar-refractivity contribution in [3.8, 4) is 0 Å². The molecule has 3 nitrogen and oxygen atoms in total. The van der Waals surface area contributed by atoms with E-state index < -0.39 is 0 Å². The fourth-order valence-electron chi connectivity index (χ4n) is 3.85. The Balaban J connectivity index is 1.50. The lowest BCUT2D eigenvalue weighted by molar-refractivity contribution is -0.138. The molecule has 1 amide bonds. The van der Waals surface area contributed by atoms with E-state index in [9.17, 15) is 4.79 Å². The molecule has 1 aromatic rings. The van der Waals surface area contributed by atoms with E-state index in [-0.39, 0.29) is 5.92 Å². The summed E-state index contributed by atoms with van der Waals surface area (Å²) in [5.41, 5.74) is 1.18. The maximum Gasteiger partial charge on any atom is 0.225 e. The molecule has 2 fully saturated rings. The number of benzene rings is 1. The van der Waals surface area contributed by atoms with Crippen LogP contribution in [0.25, 0.3) is 0 Å². The molecular weight excluding hydrogens is 308 g/mol. The minimum atomic E-state index is 0.225. The topological polar surface area (TPSA) is 23.6 Å². The molecule has 0 aliphatic carbocycles. The second-order valence-electron chi connectivity index (χ2n) is 7.17. The van der Waals surface area contributed by atoms with Crippen LogP contribution in [-0.2, 0) is 11.3 Å². The number of hydrogen-bond acceptors (Lipinski definition) is 2. The van der Waals surface area contributed by atoms with E-state index in [0.29, 0.717) is 11.8 Å². The van der Waals surface area contributed by atoms with Crippen molar-refractivity contribution in [1.82, 2.24) is 9.80 Å². The monoisotopic (exact) mass is 334 g/mol. The van der Waals surface area contributed by atoms with Gasteiger partial charge in [0.15, 0.2) is 0 Å². The quantitative estimate of drug-likeness (QED) is 0.839. The zero-order valence-electron chi connectivity index (χ0n) is 14.0. The van der Waals surface area contributed by atoms with Gasteiger partial charge in [-0.3, -0.25) is 9.69 Å². The van der Waals surface area contributed by atoms with Crippen LogP contribution in [-0.4, -0.2) is 41.9 Å². The Labute approximate surface area is 144 Å². The minimum absolute atomic E-state index is 0.225. The van der Waals surface area contributed by atoms with Gasteiger partial charge >= 0.3 is 0 Å². The normalized spacial score (nSPS) is 23.9. The zero-order chi connectivity index (χ0) is 16.2. The lowest BCUT2D eigenvalue weighted by atomic mass is 9.92. The molecule has 0 N–H and O–H groups in total. The molecule has 0 saturated carbocycles. The van der Waals surface area contributed by atoms with E-state index in [1.807, 2.05) is 18.2 Å². The van der Waals surface area contributed by atoms with Gasteiger partial charge in [-0.05, 0) is 56.3 Å². The number of likely N-dealkylation sites (tertiary alicyclic amines) is 2. The number of hydrogen-bond donors (Lipinski definition) is 0. The molecular formula is C19H27ClN2O. The highest BCUT2D eigenvalue weighted by atomic mass is 35.5. The van der Waals surface area contributed by atoms with Crippen molar-refractivity contribution >= 4 is 17.5 Å². The molecule has 1 aromatic carbocycles. The van der Waals surface area contributed by atoms with Crippen LogP contribution in [0, 0.1) is 11.8 Å². The summed E-state index contributed by atoms with van der Waals surface area (Å²) >= 11 is 6.25. The number of nitrogens with zero attached hydrogens (tertiary/aromatic N) is 2. The fourth-order valence-corrected chi connectivity index (χ4v) is 4.05. The van der Waals surface area contributed by atoms with Crippen molar-refractivity contribution in [3.63, 3.8) is 0 Å². The number of rotatable bonds is 3. The number of carbonyl (C=O) groups excluding carboxylic acids is 1. The van der Waals surface area contributed by atoms with Gasteiger partial charge in [0, 0.05) is 30.6 Å². The van der Waals surface area contributed by atoms with Crippen LogP contribution in [0.2, 0.25) is 5.02 Å². The first kappa shape index (κ1) is 16.8. The lowest BCUT2D eigenvalue weighted by Gasteiger charge is -2.37. The Bertz CT molecular complexity index is 540. The van der Waals surface area contributed by atoms with Gasteiger partial charge in [0.2, 0.25) is 5.91 Å². The molecule has 126 valence electrons. The predicted molar refractivity (Wildman–Crippen MR) is 94.4 cm³/mol. The highest BCUT2D eigenvalue weighted by molar-refractivity contribution is 6.31. The third-order valence-corrected chi connectivity index (χ3v) is 5.63. The van der Waals surface area contributed by atoms with Crippen LogP contribution in [0.5, 0.6) is 0 Å². The van der Waals surface area contributed by atoms with Crippen molar-refractivity contribution in [2.45, 2.75) is 39.2 Å². The van der Waals surface area contributed by atoms with E-state index in [1.165, 1.54) is 12.0 Å². The maximum absolute atomic E-state index is 12.7. The molecule has 2 heterocycles. The molecule has 2 aliphatic heterocycles. The molecule has 0 radical (unpaired) electrons. The van der Waals surface area contributed by atoms with Crippen LogP contribution < -0.4 is 0 Å². The van der Waals surface area contributed by atoms with Gasteiger partial charge in [-0.15, -0.1) is 0 Å². The molecule has 3 rings (SSSR count). The first-order chi connectivity index (χ1) is 11.1. The molecule has 4 heteroatoms. The van der Waals surface area contributed by atoms with E-state index in [2.05, 4.69) is 22.8 Å². The van der Waals surface area contributed by atoms with Crippen LogP contribution in [0.3, 0.4) is 0 Å². The summed E-state index contributed by atoms with van der Waals surface area (Å²) in [6.45, 7) is 7.05. The van der Waals surface area contributed by atoms with Gasteiger partial charge in [0.05, 0.1) is 0 Å².